The summed E-state index contributed by atoms with van der Waals surface area (Å²) in [5.74, 6) is 2.26. The van der Waals surface area contributed by atoms with Crippen LogP contribution in [0.5, 0.6) is 11.5 Å². The van der Waals surface area contributed by atoms with Crippen LogP contribution >= 0.6 is 0 Å². The molecule has 2 heterocycles. The van der Waals surface area contributed by atoms with E-state index in [0.29, 0.717) is 5.92 Å². The second kappa shape index (κ2) is 7.86. The number of rotatable bonds is 7. The van der Waals surface area contributed by atoms with E-state index in [4.69, 9.17) is 9.47 Å². The Balaban J connectivity index is 1.50. The summed E-state index contributed by atoms with van der Waals surface area (Å²) in [5, 5.41) is 14.9. The fraction of sp³-hybridized carbons (Fsp3) is 0.304. The zero-order valence-corrected chi connectivity index (χ0v) is 17.9. The molecule has 0 bridgehead atoms. The van der Waals surface area contributed by atoms with Gasteiger partial charge in [0.15, 0.2) is 0 Å². The molecule has 1 saturated carbocycles. The third kappa shape index (κ3) is 3.88. The number of nitrogens with zero attached hydrogens (tertiary/aromatic N) is 4. The van der Waals surface area contributed by atoms with Crippen LogP contribution in [0.2, 0.25) is 0 Å². The molecule has 0 saturated heterocycles. The van der Waals surface area contributed by atoms with Gasteiger partial charge in [-0.1, -0.05) is 5.21 Å². The lowest BCUT2D eigenvalue weighted by atomic mass is 10.1. The summed E-state index contributed by atoms with van der Waals surface area (Å²) >= 11 is 0. The maximum atomic E-state index is 5.51. The number of hydrogen-bond acceptors (Lipinski definition) is 7. The number of benzene rings is 2. The molecule has 2 N–H and O–H groups in total. The number of hydrogen-bond donors (Lipinski definition) is 2. The minimum absolute atomic E-state index is 0.704. The highest BCUT2D eigenvalue weighted by Crippen LogP contribution is 2.41. The van der Waals surface area contributed by atoms with Gasteiger partial charge in [0.1, 0.15) is 17.2 Å². The van der Waals surface area contributed by atoms with Crippen molar-refractivity contribution in [2.75, 3.05) is 36.3 Å². The van der Waals surface area contributed by atoms with Crippen LogP contribution in [-0.4, -0.2) is 35.8 Å². The number of anilines is 4. The minimum atomic E-state index is 0.704. The molecule has 1 fully saturated rings. The van der Waals surface area contributed by atoms with Crippen molar-refractivity contribution in [3.8, 4) is 11.5 Å². The smallest absolute Gasteiger partial charge is 0.124 e. The monoisotopic (exact) mass is 418 g/mol. The van der Waals surface area contributed by atoms with Crippen molar-refractivity contribution in [1.29, 1.82) is 0 Å². The predicted molar refractivity (Wildman–Crippen MR) is 122 cm³/mol. The van der Waals surface area contributed by atoms with Crippen LogP contribution in [-0.2, 0) is 7.05 Å². The largest absolute Gasteiger partial charge is 0.497 e. The van der Waals surface area contributed by atoms with Crippen molar-refractivity contribution in [3.63, 3.8) is 0 Å². The molecule has 31 heavy (non-hydrogen) atoms. The Morgan fingerprint density at radius 3 is 2.45 bits per heavy atom. The molecule has 3 aromatic rings. The van der Waals surface area contributed by atoms with E-state index in [-0.39, 0.29) is 0 Å². The van der Waals surface area contributed by atoms with Crippen molar-refractivity contribution >= 4 is 28.4 Å². The lowest BCUT2D eigenvalue weighted by molar-refractivity contribution is 0.394. The van der Waals surface area contributed by atoms with Crippen molar-refractivity contribution in [2.45, 2.75) is 12.8 Å². The van der Waals surface area contributed by atoms with E-state index in [9.17, 15) is 0 Å². The number of aryl methyl sites for hydroxylation is 1. The van der Waals surface area contributed by atoms with Crippen molar-refractivity contribution in [3.05, 3.63) is 54.5 Å². The third-order valence-electron chi connectivity index (χ3n) is 5.73. The van der Waals surface area contributed by atoms with E-state index in [1.54, 1.807) is 25.1 Å². The first-order valence-electron chi connectivity index (χ1n) is 10.4. The van der Waals surface area contributed by atoms with Gasteiger partial charge in [-0.05, 0) is 37.0 Å². The number of ether oxygens (including phenoxy) is 2. The second-order valence-electron chi connectivity index (χ2n) is 7.92. The summed E-state index contributed by atoms with van der Waals surface area (Å²) in [6.45, 7) is 0.955. The molecule has 0 unspecified atom stereocenters. The summed E-state index contributed by atoms with van der Waals surface area (Å²) in [7, 11) is 5.24. The molecule has 2 aromatic carbocycles. The van der Waals surface area contributed by atoms with Crippen molar-refractivity contribution in [1.82, 2.24) is 15.0 Å². The van der Waals surface area contributed by atoms with E-state index >= 15 is 0 Å². The number of nitrogens with one attached hydrogen (secondary N) is 2. The van der Waals surface area contributed by atoms with Gasteiger partial charge in [-0.3, -0.25) is 0 Å². The van der Waals surface area contributed by atoms with Gasteiger partial charge in [0.2, 0.25) is 0 Å². The number of methoxy groups -OCH3 is 2. The van der Waals surface area contributed by atoms with Crippen LogP contribution in [0.3, 0.4) is 0 Å². The summed E-state index contributed by atoms with van der Waals surface area (Å²) in [4.78, 5) is 2.34. The average molecular weight is 419 g/mol. The maximum Gasteiger partial charge on any atom is 0.124 e. The lowest BCUT2D eigenvalue weighted by Gasteiger charge is -2.28. The quantitative estimate of drug-likeness (QED) is 0.595. The normalized spacial score (nSPS) is 14.7. The maximum absolute atomic E-state index is 5.51. The molecule has 8 nitrogen and oxygen atoms in total. The Hall–Kier alpha value is -3.68. The molecule has 0 atom stereocenters. The third-order valence-corrected chi connectivity index (χ3v) is 5.73. The van der Waals surface area contributed by atoms with Gasteiger partial charge in [0.25, 0.3) is 0 Å². The van der Waals surface area contributed by atoms with Crippen LogP contribution in [0.15, 0.2) is 48.8 Å². The first kappa shape index (κ1) is 19.3. The molecule has 1 aliphatic carbocycles. The highest BCUT2D eigenvalue weighted by atomic mass is 16.5. The Morgan fingerprint density at radius 1 is 1.03 bits per heavy atom. The summed E-state index contributed by atoms with van der Waals surface area (Å²) in [5.41, 5.74) is 6.03. The molecule has 8 heteroatoms. The van der Waals surface area contributed by atoms with Gasteiger partial charge >= 0.3 is 0 Å². The van der Waals surface area contributed by atoms with E-state index in [1.807, 2.05) is 19.3 Å². The zero-order valence-electron chi connectivity index (χ0n) is 17.9. The van der Waals surface area contributed by atoms with Gasteiger partial charge < -0.3 is 25.0 Å². The number of fused-ring (bicyclic) bond motifs is 1. The van der Waals surface area contributed by atoms with Crippen LogP contribution in [0.1, 0.15) is 18.5 Å². The molecule has 0 amide bonds. The van der Waals surface area contributed by atoms with Crippen molar-refractivity contribution in [2.24, 2.45) is 13.0 Å². The van der Waals surface area contributed by atoms with E-state index in [0.717, 1.165) is 52.2 Å². The molecular formula is C23H26N6O2. The van der Waals surface area contributed by atoms with Gasteiger partial charge in [-0.15, -0.1) is 5.10 Å². The first-order chi connectivity index (χ1) is 15.1. The number of aromatic nitrogens is 3. The second-order valence-corrected chi connectivity index (χ2v) is 7.92. The first-order valence-corrected chi connectivity index (χ1v) is 10.4. The molecule has 0 radical (unpaired) electrons. The molecule has 2 aliphatic rings. The molecule has 160 valence electrons. The predicted octanol–water partition coefficient (Wildman–Crippen LogP) is 4.22. The highest BCUT2D eigenvalue weighted by Gasteiger charge is 2.26. The van der Waals surface area contributed by atoms with Gasteiger partial charge in [0.05, 0.1) is 37.5 Å². The van der Waals surface area contributed by atoms with E-state index < -0.39 is 0 Å². The zero-order chi connectivity index (χ0) is 21.4. The Morgan fingerprint density at radius 2 is 1.81 bits per heavy atom. The van der Waals surface area contributed by atoms with Crippen LogP contribution in [0.25, 0.3) is 5.70 Å². The highest BCUT2D eigenvalue weighted by molar-refractivity contribution is 5.89. The molecule has 5 rings (SSSR count). The summed E-state index contributed by atoms with van der Waals surface area (Å²) in [6, 6.07) is 12.4. The van der Waals surface area contributed by atoms with Crippen LogP contribution in [0.4, 0.5) is 22.7 Å². The minimum Gasteiger partial charge on any atom is -0.497 e. The van der Waals surface area contributed by atoms with Crippen molar-refractivity contribution < 1.29 is 9.47 Å². The van der Waals surface area contributed by atoms with Gasteiger partial charge in [-0.2, -0.15) is 0 Å². The fourth-order valence-electron chi connectivity index (χ4n) is 3.80. The van der Waals surface area contributed by atoms with Crippen LogP contribution in [0, 0.1) is 5.92 Å². The summed E-state index contributed by atoms with van der Waals surface area (Å²) < 4.78 is 12.8. The van der Waals surface area contributed by atoms with E-state index in [1.165, 1.54) is 12.8 Å². The Bertz CT molecular complexity index is 1110. The lowest BCUT2D eigenvalue weighted by Crippen LogP contribution is -2.21. The summed E-state index contributed by atoms with van der Waals surface area (Å²) in [6.07, 6.45) is 6.22. The molecule has 0 spiro atoms. The Labute approximate surface area is 181 Å². The van der Waals surface area contributed by atoms with Crippen LogP contribution < -0.4 is 25.0 Å². The average Bonchev–Trinajstić information content (AvgIpc) is 3.53. The molecular weight excluding hydrogens is 392 g/mol. The molecule has 1 aliphatic heterocycles. The van der Waals surface area contributed by atoms with Gasteiger partial charge in [-0.25, -0.2) is 4.68 Å². The fourth-order valence-corrected chi connectivity index (χ4v) is 3.80. The Kier molecular flexibility index (Phi) is 4.89. The standard InChI is InChI=1S/C23H26N6O2/c1-28-23(13-25-27-28)22-12-24-20-7-6-16(10-21(20)26-22)29(14-15-4-5-15)17-8-18(30-2)11-19(9-17)31-3/h6-13,15,24,26H,4-5,14H2,1-3H3. The van der Waals surface area contributed by atoms with Gasteiger partial charge in [0, 0.05) is 49.4 Å². The topological polar surface area (TPSA) is 76.5 Å². The molecule has 1 aromatic heterocycles. The SMILES string of the molecule is COc1cc(OC)cc(N(CC2CC2)c2ccc3c(c2)NC(c2cnnn2C)=CN3)c1. The van der Waals surface area contributed by atoms with E-state index in [2.05, 4.69) is 56.2 Å².